The number of carbonyl (C=O) groups excluding carboxylic acids is 2. The van der Waals surface area contributed by atoms with Gasteiger partial charge in [-0.1, -0.05) is 6.07 Å². The molecule has 1 heterocycles. The van der Waals surface area contributed by atoms with Gasteiger partial charge in [-0.15, -0.1) is 11.3 Å². The molecule has 0 fully saturated rings. The molecule has 0 spiro atoms. The summed E-state index contributed by atoms with van der Waals surface area (Å²) in [5, 5.41) is 1.84. The van der Waals surface area contributed by atoms with E-state index in [0.717, 1.165) is 0 Å². The van der Waals surface area contributed by atoms with Crippen molar-refractivity contribution in [2.45, 2.75) is 13.8 Å². The van der Waals surface area contributed by atoms with Gasteiger partial charge in [-0.3, -0.25) is 9.59 Å². The Morgan fingerprint density at radius 3 is 2.69 bits per heavy atom. The minimum absolute atomic E-state index is 0.0150. The standard InChI is InChI=1S/C11H15NO3S/c1-3-12(8-10(13)15-4-2)11(14)9-6-5-7-16-9/h5-7H,3-4,8H2,1-2H3. The van der Waals surface area contributed by atoms with Crippen molar-refractivity contribution in [2.24, 2.45) is 0 Å². The topological polar surface area (TPSA) is 46.6 Å². The van der Waals surface area contributed by atoms with E-state index in [9.17, 15) is 9.59 Å². The fourth-order valence-electron chi connectivity index (χ4n) is 1.25. The third kappa shape index (κ3) is 3.34. The Morgan fingerprint density at radius 1 is 1.44 bits per heavy atom. The SMILES string of the molecule is CCOC(=O)CN(CC)C(=O)c1cccs1. The predicted molar refractivity (Wildman–Crippen MR) is 62.5 cm³/mol. The molecule has 88 valence electrons. The molecule has 1 rings (SSSR count). The average molecular weight is 241 g/mol. The lowest BCUT2D eigenvalue weighted by molar-refractivity contribution is -0.143. The Balaban J connectivity index is 2.61. The summed E-state index contributed by atoms with van der Waals surface area (Å²) in [5.41, 5.74) is 0. The Labute approximate surface area is 98.8 Å². The highest BCUT2D eigenvalue weighted by Gasteiger charge is 2.18. The van der Waals surface area contributed by atoms with Crippen LogP contribution in [0.15, 0.2) is 17.5 Å². The highest BCUT2D eigenvalue weighted by molar-refractivity contribution is 7.12. The molecule has 0 aliphatic carbocycles. The van der Waals surface area contributed by atoms with Crippen molar-refractivity contribution in [3.8, 4) is 0 Å². The zero-order valence-corrected chi connectivity index (χ0v) is 10.3. The molecule has 0 aliphatic heterocycles. The molecule has 0 N–H and O–H groups in total. The van der Waals surface area contributed by atoms with Crippen LogP contribution in [0.3, 0.4) is 0 Å². The van der Waals surface area contributed by atoms with E-state index >= 15 is 0 Å². The second-order valence-electron chi connectivity index (χ2n) is 3.10. The lowest BCUT2D eigenvalue weighted by Gasteiger charge is -2.18. The monoisotopic (exact) mass is 241 g/mol. The van der Waals surface area contributed by atoms with Crippen LogP contribution in [-0.4, -0.2) is 36.5 Å². The van der Waals surface area contributed by atoms with Crippen LogP contribution in [0.25, 0.3) is 0 Å². The third-order valence-electron chi connectivity index (χ3n) is 2.03. The van der Waals surface area contributed by atoms with Gasteiger partial charge in [-0.2, -0.15) is 0 Å². The van der Waals surface area contributed by atoms with Crippen LogP contribution in [0.5, 0.6) is 0 Å². The molecule has 1 aromatic heterocycles. The van der Waals surface area contributed by atoms with Gasteiger partial charge in [0.25, 0.3) is 5.91 Å². The van der Waals surface area contributed by atoms with Crippen LogP contribution in [0.1, 0.15) is 23.5 Å². The van der Waals surface area contributed by atoms with Gasteiger partial charge in [-0.25, -0.2) is 0 Å². The minimum atomic E-state index is -0.366. The molecular formula is C11H15NO3S. The van der Waals surface area contributed by atoms with E-state index < -0.39 is 0 Å². The molecule has 4 nitrogen and oxygen atoms in total. The Bertz CT molecular complexity index is 348. The van der Waals surface area contributed by atoms with E-state index in [1.54, 1.807) is 13.0 Å². The van der Waals surface area contributed by atoms with Crippen LogP contribution >= 0.6 is 11.3 Å². The summed E-state index contributed by atoms with van der Waals surface area (Å²) >= 11 is 1.37. The molecule has 16 heavy (non-hydrogen) atoms. The first-order valence-corrected chi connectivity index (χ1v) is 6.05. The smallest absolute Gasteiger partial charge is 0.325 e. The Morgan fingerprint density at radius 2 is 2.19 bits per heavy atom. The van der Waals surface area contributed by atoms with E-state index in [0.29, 0.717) is 18.0 Å². The van der Waals surface area contributed by atoms with Gasteiger partial charge in [0.15, 0.2) is 0 Å². The quantitative estimate of drug-likeness (QED) is 0.738. The van der Waals surface area contributed by atoms with Gasteiger partial charge >= 0.3 is 5.97 Å². The van der Waals surface area contributed by atoms with Gasteiger partial charge in [0, 0.05) is 6.54 Å². The maximum Gasteiger partial charge on any atom is 0.325 e. The number of nitrogens with zero attached hydrogens (tertiary/aromatic N) is 1. The van der Waals surface area contributed by atoms with Crippen molar-refractivity contribution >= 4 is 23.2 Å². The summed E-state index contributed by atoms with van der Waals surface area (Å²) in [7, 11) is 0. The Hall–Kier alpha value is -1.36. The number of rotatable bonds is 5. The number of thiophene rings is 1. The summed E-state index contributed by atoms with van der Waals surface area (Å²) < 4.78 is 4.81. The zero-order valence-electron chi connectivity index (χ0n) is 9.43. The summed E-state index contributed by atoms with van der Waals surface area (Å²) in [6.07, 6.45) is 0. The molecule has 0 aliphatic rings. The zero-order chi connectivity index (χ0) is 12.0. The highest BCUT2D eigenvalue weighted by atomic mass is 32.1. The molecule has 0 atom stereocenters. The van der Waals surface area contributed by atoms with E-state index in [-0.39, 0.29) is 18.4 Å². The third-order valence-corrected chi connectivity index (χ3v) is 2.88. The fraction of sp³-hybridized carbons (Fsp3) is 0.455. The number of hydrogen-bond acceptors (Lipinski definition) is 4. The van der Waals surface area contributed by atoms with Crippen LogP contribution in [-0.2, 0) is 9.53 Å². The van der Waals surface area contributed by atoms with Gasteiger partial charge in [-0.05, 0) is 25.3 Å². The van der Waals surface area contributed by atoms with Crippen LogP contribution < -0.4 is 0 Å². The fourth-order valence-corrected chi connectivity index (χ4v) is 1.94. The van der Waals surface area contributed by atoms with Crippen molar-refractivity contribution in [3.63, 3.8) is 0 Å². The number of hydrogen-bond donors (Lipinski definition) is 0. The molecule has 0 radical (unpaired) electrons. The molecular weight excluding hydrogens is 226 g/mol. The van der Waals surface area contributed by atoms with Gasteiger partial charge in [0.2, 0.25) is 0 Å². The number of likely N-dealkylation sites (N-methyl/N-ethyl adjacent to an activating group) is 1. The largest absolute Gasteiger partial charge is 0.465 e. The summed E-state index contributed by atoms with van der Waals surface area (Å²) in [5.74, 6) is -0.486. The van der Waals surface area contributed by atoms with Gasteiger partial charge in [0.1, 0.15) is 6.54 Å². The van der Waals surface area contributed by atoms with E-state index in [1.807, 2.05) is 18.4 Å². The second-order valence-corrected chi connectivity index (χ2v) is 4.05. The first-order chi connectivity index (χ1) is 7.69. The van der Waals surface area contributed by atoms with Crippen molar-refractivity contribution < 1.29 is 14.3 Å². The molecule has 0 unspecified atom stereocenters. The normalized spacial score (nSPS) is 9.88. The second kappa shape index (κ2) is 6.27. The van der Waals surface area contributed by atoms with E-state index in [2.05, 4.69) is 0 Å². The lowest BCUT2D eigenvalue weighted by Crippen LogP contribution is -2.35. The number of amides is 1. The lowest BCUT2D eigenvalue weighted by atomic mass is 10.4. The molecule has 1 aromatic rings. The summed E-state index contributed by atoms with van der Waals surface area (Å²) in [6, 6.07) is 3.57. The first-order valence-electron chi connectivity index (χ1n) is 5.17. The maximum absolute atomic E-state index is 11.9. The van der Waals surface area contributed by atoms with E-state index in [1.165, 1.54) is 16.2 Å². The number of ether oxygens (including phenoxy) is 1. The number of carbonyl (C=O) groups is 2. The molecule has 0 saturated heterocycles. The number of esters is 1. The minimum Gasteiger partial charge on any atom is -0.465 e. The van der Waals surface area contributed by atoms with Gasteiger partial charge < -0.3 is 9.64 Å². The van der Waals surface area contributed by atoms with Crippen LogP contribution in [0.2, 0.25) is 0 Å². The van der Waals surface area contributed by atoms with Crippen molar-refractivity contribution in [1.29, 1.82) is 0 Å². The van der Waals surface area contributed by atoms with Crippen molar-refractivity contribution in [2.75, 3.05) is 19.7 Å². The molecule has 0 bridgehead atoms. The summed E-state index contributed by atoms with van der Waals surface area (Å²) in [6.45, 7) is 4.43. The molecule has 0 saturated carbocycles. The molecule has 1 amide bonds. The van der Waals surface area contributed by atoms with Crippen molar-refractivity contribution in [3.05, 3.63) is 22.4 Å². The van der Waals surface area contributed by atoms with Crippen LogP contribution in [0, 0.1) is 0 Å². The maximum atomic E-state index is 11.9. The first kappa shape index (κ1) is 12.7. The van der Waals surface area contributed by atoms with Crippen molar-refractivity contribution in [1.82, 2.24) is 4.90 Å². The highest BCUT2D eigenvalue weighted by Crippen LogP contribution is 2.11. The van der Waals surface area contributed by atoms with E-state index in [4.69, 9.17) is 4.74 Å². The average Bonchev–Trinajstić information content (AvgIpc) is 2.78. The Kier molecular flexibility index (Phi) is 4.98. The predicted octanol–water partition coefficient (Wildman–Crippen LogP) is 1.77. The summed E-state index contributed by atoms with van der Waals surface area (Å²) in [4.78, 5) is 25.3. The molecule has 5 heteroatoms. The van der Waals surface area contributed by atoms with Crippen LogP contribution in [0.4, 0.5) is 0 Å². The molecule has 0 aromatic carbocycles. The van der Waals surface area contributed by atoms with Gasteiger partial charge in [0.05, 0.1) is 11.5 Å².